The zero-order valence-electron chi connectivity index (χ0n) is 14.5. The maximum Gasteiger partial charge on any atom is 0.339 e. The van der Waals surface area contributed by atoms with Crippen LogP contribution in [0.2, 0.25) is 0 Å². The molecule has 132 valence electrons. The number of anilines is 1. The third kappa shape index (κ3) is 4.83. The number of para-hydroxylation sites is 1. The van der Waals surface area contributed by atoms with Crippen LogP contribution in [0, 0.1) is 17.2 Å². The van der Waals surface area contributed by atoms with Crippen molar-refractivity contribution < 1.29 is 14.3 Å². The standard InChI is InChI=1S/C19H23N3O3/c1-13-7-3-5-9-16(13)21-12-14(11-20)18(23)22-17-10-6-4-8-15(17)19(24)25-2/h4,6,8,10,12-13,16,21H,3,5,7,9H2,1-2H3,(H,22,23)/b14-12-. The zero-order chi connectivity index (χ0) is 18.2. The fourth-order valence-electron chi connectivity index (χ4n) is 2.97. The Kier molecular flexibility index (Phi) is 6.58. The van der Waals surface area contributed by atoms with Gasteiger partial charge in [-0.25, -0.2) is 4.79 Å². The Balaban J connectivity index is 2.09. The highest BCUT2D eigenvalue weighted by Gasteiger charge is 2.21. The second kappa shape index (κ2) is 8.88. The first kappa shape index (κ1) is 18.5. The summed E-state index contributed by atoms with van der Waals surface area (Å²) in [5.41, 5.74) is 0.522. The average molecular weight is 341 g/mol. The molecule has 0 saturated heterocycles. The minimum Gasteiger partial charge on any atom is -0.465 e. The van der Waals surface area contributed by atoms with Crippen molar-refractivity contribution in [2.75, 3.05) is 12.4 Å². The number of amides is 1. The predicted octanol–water partition coefficient (Wildman–Crippen LogP) is 2.99. The molecule has 2 atom stereocenters. The van der Waals surface area contributed by atoms with E-state index in [0.717, 1.165) is 19.3 Å². The van der Waals surface area contributed by atoms with Gasteiger partial charge in [0.1, 0.15) is 11.6 Å². The topological polar surface area (TPSA) is 91.2 Å². The lowest BCUT2D eigenvalue weighted by atomic mass is 9.86. The predicted molar refractivity (Wildman–Crippen MR) is 94.7 cm³/mol. The number of nitrogens with one attached hydrogen (secondary N) is 2. The summed E-state index contributed by atoms with van der Waals surface area (Å²) in [7, 11) is 1.27. The lowest BCUT2D eigenvalue weighted by molar-refractivity contribution is -0.112. The summed E-state index contributed by atoms with van der Waals surface area (Å²) < 4.78 is 4.70. The van der Waals surface area contributed by atoms with Crippen molar-refractivity contribution in [2.45, 2.75) is 38.6 Å². The molecule has 2 rings (SSSR count). The van der Waals surface area contributed by atoms with E-state index in [2.05, 4.69) is 17.6 Å². The summed E-state index contributed by atoms with van der Waals surface area (Å²) in [6.07, 6.45) is 6.02. The highest BCUT2D eigenvalue weighted by atomic mass is 16.5. The van der Waals surface area contributed by atoms with Gasteiger partial charge in [-0.2, -0.15) is 5.26 Å². The third-order valence-corrected chi connectivity index (χ3v) is 4.50. The van der Waals surface area contributed by atoms with Crippen LogP contribution in [0.25, 0.3) is 0 Å². The lowest BCUT2D eigenvalue weighted by Gasteiger charge is -2.29. The van der Waals surface area contributed by atoms with Crippen molar-refractivity contribution in [1.82, 2.24) is 5.32 Å². The van der Waals surface area contributed by atoms with Crippen LogP contribution in [0.1, 0.15) is 43.0 Å². The number of hydrogen-bond donors (Lipinski definition) is 2. The van der Waals surface area contributed by atoms with Crippen molar-refractivity contribution in [3.63, 3.8) is 0 Å². The van der Waals surface area contributed by atoms with Gasteiger partial charge in [0.25, 0.3) is 5.91 Å². The number of nitrogens with zero attached hydrogens (tertiary/aromatic N) is 1. The molecule has 0 aromatic heterocycles. The summed E-state index contributed by atoms with van der Waals surface area (Å²) in [6.45, 7) is 2.17. The Morgan fingerprint density at radius 3 is 2.68 bits per heavy atom. The molecular formula is C19H23N3O3. The van der Waals surface area contributed by atoms with Gasteiger partial charge in [0.05, 0.1) is 18.4 Å². The number of methoxy groups -OCH3 is 1. The van der Waals surface area contributed by atoms with Gasteiger partial charge >= 0.3 is 5.97 Å². The Labute approximate surface area is 147 Å². The van der Waals surface area contributed by atoms with E-state index in [1.807, 2.05) is 6.07 Å². The molecule has 0 heterocycles. The first-order valence-corrected chi connectivity index (χ1v) is 8.41. The van der Waals surface area contributed by atoms with Crippen molar-refractivity contribution in [1.29, 1.82) is 5.26 Å². The van der Waals surface area contributed by atoms with Gasteiger partial charge in [0, 0.05) is 12.2 Å². The minimum absolute atomic E-state index is 0.0301. The molecule has 2 unspecified atom stereocenters. The molecule has 25 heavy (non-hydrogen) atoms. The van der Waals surface area contributed by atoms with E-state index in [1.165, 1.54) is 19.7 Å². The number of hydrogen-bond acceptors (Lipinski definition) is 5. The molecule has 2 N–H and O–H groups in total. The van der Waals surface area contributed by atoms with Crippen LogP contribution in [0.5, 0.6) is 0 Å². The van der Waals surface area contributed by atoms with Gasteiger partial charge in [-0.1, -0.05) is 31.9 Å². The second-order valence-electron chi connectivity index (χ2n) is 6.20. The SMILES string of the molecule is COC(=O)c1ccccc1NC(=O)/C(C#N)=C\NC1CCCCC1C. The number of carbonyl (C=O) groups excluding carboxylic acids is 2. The number of esters is 1. The maximum absolute atomic E-state index is 12.4. The molecule has 1 aliphatic rings. The maximum atomic E-state index is 12.4. The summed E-state index contributed by atoms with van der Waals surface area (Å²) in [5.74, 6) is -0.601. The van der Waals surface area contributed by atoms with E-state index in [0.29, 0.717) is 11.6 Å². The van der Waals surface area contributed by atoms with Crippen molar-refractivity contribution >= 4 is 17.6 Å². The van der Waals surface area contributed by atoms with E-state index < -0.39 is 11.9 Å². The van der Waals surface area contributed by atoms with Crippen LogP contribution in [0.3, 0.4) is 0 Å². The van der Waals surface area contributed by atoms with Crippen molar-refractivity contribution in [2.24, 2.45) is 5.92 Å². The molecule has 6 nitrogen and oxygen atoms in total. The minimum atomic E-state index is -0.560. The van der Waals surface area contributed by atoms with Gasteiger partial charge in [0.15, 0.2) is 0 Å². The van der Waals surface area contributed by atoms with Gasteiger partial charge in [0.2, 0.25) is 0 Å². The van der Waals surface area contributed by atoms with E-state index >= 15 is 0 Å². The first-order valence-electron chi connectivity index (χ1n) is 8.41. The third-order valence-electron chi connectivity index (χ3n) is 4.50. The summed E-state index contributed by atoms with van der Waals surface area (Å²) in [6, 6.07) is 8.70. The van der Waals surface area contributed by atoms with E-state index in [-0.39, 0.29) is 17.2 Å². The summed E-state index contributed by atoms with van der Waals surface area (Å²) in [5, 5.41) is 15.1. The van der Waals surface area contributed by atoms with E-state index in [4.69, 9.17) is 4.74 Å². The Morgan fingerprint density at radius 1 is 1.28 bits per heavy atom. The number of carbonyl (C=O) groups is 2. The Morgan fingerprint density at radius 2 is 2.00 bits per heavy atom. The van der Waals surface area contributed by atoms with Crippen LogP contribution in [0.4, 0.5) is 5.69 Å². The molecule has 1 saturated carbocycles. The number of nitriles is 1. The smallest absolute Gasteiger partial charge is 0.339 e. The Bertz CT molecular complexity index is 706. The number of ether oxygens (including phenoxy) is 1. The second-order valence-corrected chi connectivity index (χ2v) is 6.20. The molecule has 1 fully saturated rings. The highest BCUT2D eigenvalue weighted by Crippen LogP contribution is 2.24. The van der Waals surface area contributed by atoms with Gasteiger partial charge in [-0.15, -0.1) is 0 Å². The largest absolute Gasteiger partial charge is 0.465 e. The average Bonchev–Trinajstić information content (AvgIpc) is 2.63. The molecule has 1 aromatic rings. The van der Waals surface area contributed by atoms with Crippen LogP contribution in [-0.4, -0.2) is 25.0 Å². The molecule has 1 aromatic carbocycles. The van der Waals surface area contributed by atoms with Crippen molar-refractivity contribution in [3.8, 4) is 6.07 Å². The van der Waals surface area contributed by atoms with E-state index in [9.17, 15) is 14.9 Å². The van der Waals surface area contributed by atoms with Gasteiger partial charge < -0.3 is 15.4 Å². The van der Waals surface area contributed by atoms with E-state index in [1.54, 1.807) is 24.3 Å². The number of benzene rings is 1. The molecule has 6 heteroatoms. The molecule has 1 amide bonds. The summed E-state index contributed by atoms with van der Waals surface area (Å²) >= 11 is 0. The zero-order valence-corrected chi connectivity index (χ0v) is 14.5. The molecule has 0 bridgehead atoms. The molecule has 0 radical (unpaired) electrons. The quantitative estimate of drug-likeness (QED) is 0.488. The molecule has 0 spiro atoms. The van der Waals surface area contributed by atoms with Crippen LogP contribution >= 0.6 is 0 Å². The van der Waals surface area contributed by atoms with Crippen LogP contribution in [0.15, 0.2) is 36.0 Å². The summed E-state index contributed by atoms with van der Waals surface area (Å²) in [4.78, 5) is 24.1. The van der Waals surface area contributed by atoms with Crippen LogP contribution < -0.4 is 10.6 Å². The van der Waals surface area contributed by atoms with Gasteiger partial charge in [-0.05, 0) is 30.9 Å². The van der Waals surface area contributed by atoms with Crippen molar-refractivity contribution in [3.05, 3.63) is 41.6 Å². The fraction of sp³-hybridized carbons (Fsp3) is 0.421. The molecular weight excluding hydrogens is 318 g/mol. The monoisotopic (exact) mass is 341 g/mol. The molecule has 0 aliphatic heterocycles. The lowest BCUT2D eigenvalue weighted by Crippen LogP contribution is -2.34. The van der Waals surface area contributed by atoms with Crippen LogP contribution in [-0.2, 0) is 9.53 Å². The first-order chi connectivity index (χ1) is 12.1. The fourth-order valence-corrected chi connectivity index (χ4v) is 2.97. The number of rotatable bonds is 5. The van der Waals surface area contributed by atoms with Gasteiger partial charge in [-0.3, -0.25) is 4.79 Å². The highest BCUT2D eigenvalue weighted by molar-refractivity contribution is 6.09. The Hall–Kier alpha value is -2.81. The normalized spacial score (nSPS) is 20.3. The molecule has 1 aliphatic carbocycles.